The lowest BCUT2D eigenvalue weighted by molar-refractivity contribution is -0.123. The fourth-order valence-electron chi connectivity index (χ4n) is 2.11. The zero-order valence-corrected chi connectivity index (χ0v) is 12.1. The van der Waals surface area contributed by atoms with Gasteiger partial charge in [0.25, 0.3) is 5.92 Å². The normalized spacial score (nSPS) is 20.9. The SMILES string of the molecule is O=C(NCCc1cc(Cl)cc(Cl)c1)C1CC(F)(F)CN1. The summed E-state index contributed by atoms with van der Waals surface area (Å²) < 4.78 is 25.9. The van der Waals surface area contributed by atoms with Gasteiger partial charge in [-0.1, -0.05) is 23.2 Å². The molecule has 20 heavy (non-hydrogen) atoms. The predicted octanol–water partition coefficient (Wildman–Crippen LogP) is 2.65. The average molecular weight is 323 g/mol. The molecule has 3 nitrogen and oxygen atoms in total. The molecule has 1 unspecified atom stereocenters. The molecule has 1 fully saturated rings. The number of rotatable bonds is 4. The second kappa shape index (κ2) is 6.24. The van der Waals surface area contributed by atoms with E-state index in [2.05, 4.69) is 10.6 Å². The maximum Gasteiger partial charge on any atom is 0.262 e. The molecule has 0 bridgehead atoms. The fourth-order valence-corrected chi connectivity index (χ4v) is 2.68. The van der Waals surface area contributed by atoms with E-state index < -0.39 is 30.8 Å². The van der Waals surface area contributed by atoms with Crippen molar-refractivity contribution in [3.05, 3.63) is 33.8 Å². The molecule has 1 aliphatic heterocycles. The van der Waals surface area contributed by atoms with Crippen molar-refractivity contribution in [3.63, 3.8) is 0 Å². The Bertz CT molecular complexity index is 491. The van der Waals surface area contributed by atoms with Crippen molar-refractivity contribution in [1.29, 1.82) is 0 Å². The number of nitrogens with one attached hydrogen (secondary N) is 2. The molecular formula is C13H14Cl2F2N2O. The van der Waals surface area contributed by atoms with Gasteiger partial charge in [0.1, 0.15) is 0 Å². The fraction of sp³-hybridized carbons (Fsp3) is 0.462. The van der Waals surface area contributed by atoms with E-state index in [1.807, 2.05) is 0 Å². The van der Waals surface area contributed by atoms with E-state index >= 15 is 0 Å². The number of benzene rings is 1. The minimum absolute atomic E-state index is 0.346. The third-order valence-corrected chi connectivity index (χ3v) is 3.50. The Morgan fingerprint density at radius 3 is 2.55 bits per heavy atom. The van der Waals surface area contributed by atoms with Crippen LogP contribution in [0.2, 0.25) is 10.0 Å². The number of alkyl halides is 2. The summed E-state index contributed by atoms with van der Waals surface area (Å²) >= 11 is 11.7. The van der Waals surface area contributed by atoms with Gasteiger partial charge in [-0.25, -0.2) is 8.78 Å². The topological polar surface area (TPSA) is 41.1 Å². The molecule has 1 aromatic carbocycles. The zero-order valence-electron chi connectivity index (χ0n) is 10.6. The van der Waals surface area contributed by atoms with Crippen LogP contribution in [-0.4, -0.2) is 31.0 Å². The summed E-state index contributed by atoms with van der Waals surface area (Å²) in [5.41, 5.74) is 0.882. The average Bonchev–Trinajstić information content (AvgIpc) is 2.68. The molecule has 1 amide bonds. The molecule has 7 heteroatoms. The Labute approximate surface area is 125 Å². The number of amides is 1. The number of halogens is 4. The van der Waals surface area contributed by atoms with E-state index in [-0.39, 0.29) is 0 Å². The van der Waals surface area contributed by atoms with Crippen molar-refractivity contribution in [2.24, 2.45) is 0 Å². The zero-order chi connectivity index (χ0) is 14.8. The maximum absolute atomic E-state index is 13.0. The summed E-state index contributed by atoms with van der Waals surface area (Å²) in [5, 5.41) is 6.19. The predicted molar refractivity (Wildman–Crippen MR) is 74.5 cm³/mol. The van der Waals surface area contributed by atoms with Crippen LogP contribution in [0, 0.1) is 0 Å². The molecule has 0 spiro atoms. The van der Waals surface area contributed by atoms with Crippen molar-refractivity contribution >= 4 is 29.1 Å². The van der Waals surface area contributed by atoms with Gasteiger partial charge in [-0.15, -0.1) is 0 Å². The standard InChI is InChI=1S/C13H14Cl2F2N2O/c14-9-3-8(4-10(15)5-9)1-2-18-12(20)11-6-13(16,17)7-19-11/h3-5,11,19H,1-2,6-7H2,(H,18,20). The van der Waals surface area contributed by atoms with Crippen molar-refractivity contribution in [1.82, 2.24) is 10.6 Å². The van der Waals surface area contributed by atoms with Gasteiger partial charge in [-0.2, -0.15) is 0 Å². The minimum atomic E-state index is -2.80. The molecular weight excluding hydrogens is 309 g/mol. The van der Waals surface area contributed by atoms with E-state index in [9.17, 15) is 13.6 Å². The van der Waals surface area contributed by atoms with Gasteiger partial charge in [-0.3, -0.25) is 10.1 Å². The van der Waals surface area contributed by atoms with Crippen LogP contribution in [0.1, 0.15) is 12.0 Å². The first-order valence-electron chi connectivity index (χ1n) is 6.20. The summed E-state index contributed by atoms with van der Waals surface area (Å²) in [7, 11) is 0. The maximum atomic E-state index is 13.0. The largest absolute Gasteiger partial charge is 0.354 e. The summed E-state index contributed by atoms with van der Waals surface area (Å²) in [6, 6.07) is 4.30. The van der Waals surface area contributed by atoms with E-state index in [4.69, 9.17) is 23.2 Å². The highest BCUT2D eigenvalue weighted by atomic mass is 35.5. The van der Waals surface area contributed by atoms with Gasteiger partial charge in [0, 0.05) is 23.0 Å². The van der Waals surface area contributed by atoms with Gasteiger partial charge < -0.3 is 5.32 Å². The lowest BCUT2D eigenvalue weighted by atomic mass is 10.1. The molecule has 0 aliphatic carbocycles. The van der Waals surface area contributed by atoms with Crippen LogP contribution >= 0.6 is 23.2 Å². The first-order chi connectivity index (χ1) is 9.35. The van der Waals surface area contributed by atoms with E-state index in [1.54, 1.807) is 18.2 Å². The Morgan fingerprint density at radius 1 is 1.35 bits per heavy atom. The molecule has 1 aromatic rings. The molecule has 1 aliphatic rings. The quantitative estimate of drug-likeness (QED) is 0.894. The number of carbonyl (C=O) groups is 1. The molecule has 110 valence electrons. The van der Waals surface area contributed by atoms with Gasteiger partial charge in [0.05, 0.1) is 12.6 Å². The molecule has 1 atom stereocenters. The monoisotopic (exact) mass is 322 g/mol. The molecule has 1 saturated heterocycles. The lowest BCUT2D eigenvalue weighted by Gasteiger charge is -2.11. The summed E-state index contributed by atoms with van der Waals surface area (Å²) in [5.74, 6) is -3.21. The molecule has 0 aromatic heterocycles. The van der Waals surface area contributed by atoms with E-state index in [1.165, 1.54) is 0 Å². The molecule has 2 rings (SSSR count). The highest BCUT2D eigenvalue weighted by Gasteiger charge is 2.42. The van der Waals surface area contributed by atoms with Gasteiger partial charge in [0.2, 0.25) is 5.91 Å². The number of hydrogen-bond acceptors (Lipinski definition) is 2. The minimum Gasteiger partial charge on any atom is -0.354 e. The first kappa shape index (κ1) is 15.5. The highest BCUT2D eigenvalue weighted by molar-refractivity contribution is 6.34. The van der Waals surface area contributed by atoms with Crippen molar-refractivity contribution < 1.29 is 13.6 Å². The third kappa shape index (κ3) is 4.30. The van der Waals surface area contributed by atoms with Crippen LogP contribution in [0.5, 0.6) is 0 Å². The van der Waals surface area contributed by atoms with E-state index in [0.717, 1.165) is 5.56 Å². The molecule has 0 radical (unpaired) electrons. The molecule has 0 saturated carbocycles. The highest BCUT2D eigenvalue weighted by Crippen LogP contribution is 2.25. The summed E-state index contributed by atoms with van der Waals surface area (Å²) in [4.78, 5) is 11.7. The Kier molecular flexibility index (Phi) is 4.83. The Hall–Kier alpha value is -0.910. The van der Waals surface area contributed by atoms with Crippen molar-refractivity contribution in [3.8, 4) is 0 Å². The van der Waals surface area contributed by atoms with Gasteiger partial charge in [-0.05, 0) is 30.2 Å². The second-order valence-electron chi connectivity index (χ2n) is 4.81. The molecule has 1 heterocycles. The van der Waals surface area contributed by atoms with Crippen LogP contribution in [0.3, 0.4) is 0 Å². The van der Waals surface area contributed by atoms with Gasteiger partial charge >= 0.3 is 0 Å². The third-order valence-electron chi connectivity index (χ3n) is 3.06. The van der Waals surface area contributed by atoms with Crippen molar-refractivity contribution in [2.75, 3.05) is 13.1 Å². The molecule has 2 N–H and O–H groups in total. The van der Waals surface area contributed by atoms with Crippen LogP contribution in [-0.2, 0) is 11.2 Å². The smallest absolute Gasteiger partial charge is 0.262 e. The second-order valence-corrected chi connectivity index (χ2v) is 5.69. The number of carbonyl (C=O) groups excluding carboxylic acids is 1. The van der Waals surface area contributed by atoms with Crippen LogP contribution in [0.25, 0.3) is 0 Å². The van der Waals surface area contributed by atoms with Crippen LogP contribution in [0.15, 0.2) is 18.2 Å². The number of hydrogen-bond donors (Lipinski definition) is 2. The van der Waals surface area contributed by atoms with E-state index in [0.29, 0.717) is 23.0 Å². The summed E-state index contributed by atoms with van der Waals surface area (Å²) in [6.07, 6.45) is 0.0803. The van der Waals surface area contributed by atoms with Gasteiger partial charge in [0.15, 0.2) is 0 Å². The van der Waals surface area contributed by atoms with Crippen LogP contribution < -0.4 is 10.6 Å². The van der Waals surface area contributed by atoms with Crippen molar-refractivity contribution in [2.45, 2.75) is 24.8 Å². The Morgan fingerprint density at radius 2 is 2.00 bits per heavy atom. The lowest BCUT2D eigenvalue weighted by Crippen LogP contribution is -2.41. The van der Waals surface area contributed by atoms with Crippen LogP contribution in [0.4, 0.5) is 8.78 Å². The summed E-state index contributed by atoms with van der Waals surface area (Å²) in [6.45, 7) is -0.103. The first-order valence-corrected chi connectivity index (χ1v) is 6.95. The Balaban J connectivity index is 1.80.